The third-order valence-corrected chi connectivity index (χ3v) is 3.48. The molecule has 1 rings (SSSR count). The first-order chi connectivity index (χ1) is 9.61. The molecule has 1 N–H and O–H groups in total. The summed E-state index contributed by atoms with van der Waals surface area (Å²) in [4.78, 5) is 12.0. The highest BCUT2D eigenvalue weighted by molar-refractivity contribution is 5.85. The lowest BCUT2D eigenvalue weighted by molar-refractivity contribution is -0.137. The van der Waals surface area contributed by atoms with Crippen molar-refractivity contribution in [2.75, 3.05) is 19.8 Å². The number of hydrogen-bond acceptors (Lipinski definition) is 5. The van der Waals surface area contributed by atoms with Gasteiger partial charge < -0.3 is 19.3 Å². The van der Waals surface area contributed by atoms with E-state index in [1.807, 2.05) is 6.92 Å². The zero-order valence-corrected chi connectivity index (χ0v) is 12.8. The van der Waals surface area contributed by atoms with Gasteiger partial charge in [0, 0.05) is 13.2 Å². The second-order valence-corrected chi connectivity index (χ2v) is 5.31. The largest absolute Gasteiger partial charge is 0.387 e. The summed E-state index contributed by atoms with van der Waals surface area (Å²) in [5.74, 6) is -0.206. The molecule has 5 heteroatoms. The van der Waals surface area contributed by atoms with Crippen LogP contribution in [0.2, 0.25) is 0 Å². The molecular formula is C15H28O5. The monoisotopic (exact) mass is 288 g/mol. The van der Waals surface area contributed by atoms with E-state index in [-0.39, 0.29) is 18.5 Å². The van der Waals surface area contributed by atoms with Crippen molar-refractivity contribution in [3.63, 3.8) is 0 Å². The van der Waals surface area contributed by atoms with Crippen molar-refractivity contribution >= 4 is 5.78 Å². The fourth-order valence-electron chi connectivity index (χ4n) is 2.20. The predicted molar refractivity (Wildman–Crippen MR) is 75.7 cm³/mol. The van der Waals surface area contributed by atoms with Crippen LogP contribution >= 0.6 is 0 Å². The number of unbranched alkanes of at least 4 members (excludes halogenated alkanes) is 2. The van der Waals surface area contributed by atoms with E-state index in [9.17, 15) is 9.90 Å². The standard InChI is InChI=1S/C15H28O5/c1-4-6-8-18-10-12(16)15-13(17)14(11(3)20-15)19-9-7-5-2/h11,13-15,17H,4-10H2,1-3H3/t11-,13-,14+,15+/m1/s1. The van der Waals surface area contributed by atoms with E-state index in [2.05, 4.69) is 13.8 Å². The molecule has 0 aliphatic carbocycles. The topological polar surface area (TPSA) is 65.0 Å². The molecule has 0 aromatic carbocycles. The molecule has 1 heterocycles. The highest BCUT2D eigenvalue weighted by atomic mass is 16.6. The number of carbonyl (C=O) groups excluding carboxylic acids is 1. The fraction of sp³-hybridized carbons (Fsp3) is 0.933. The van der Waals surface area contributed by atoms with Gasteiger partial charge >= 0.3 is 0 Å². The fourth-order valence-corrected chi connectivity index (χ4v) is 2.20. The Kier molecular flexibility index (Phi) is 8.30. The molecule has 0 radical (unpaired) electrons. The van der Waals surface area contributed by atoms with Crippen molar-refractivity contribution in [2.24, 2.45) is 0 Å². The predicted octanol–water partition coefficient (Wildman–Crippen LogP) is 1.71. The van der Waals surface area contributed by atoms with Crippen molar-refractivity contribution in [1.29, 1.82) is 0 Å². The Labute approximate surface area is 121 Å². The first-order valence-corrected chi connectivity index (χ1v) is 7.67. The zero-order valence-electron chi connectivity index (χ0n) is 12.8. The molecule has 0 spiro atoms. The molecule has 118 valence electrons. The SMILES string of the molecule is CCCCOCC(=O)[C@@H]1O[C@H](C)[C@H](OCCCC)[C@H]1O. The van der Waals surface area contributed by atoms with Gasteiger partial charge in [0.1, 0.15) is 24.9 Å². The van der Waals surface area contributed by atoms with E-state index in [4.69, 9.17) is 14.2 Å². The van der Waals surface area contributed by atoms with Crippen LogP contribution in [-0.2, 0) is 19.0 Å². The van der Waals surface area contributed by atoms with Gasteiger partial charge in [-0.15, -0.1) is 0 Å². The lowest BCUT2D eigenvalue weighted by Crippen LogP contribution is -2.39. The van der Waals surface area contributed by atoms with Crippen molar-refractivity contribution in [1.82, 2.24) is 0 Å². The van der Waals surface area contributed by atoms with Crippen molar-refractivity contribution in [3.8, 4) is 0 Å². The number of Topliss-reactive ketones (excluding diaryl/α,β-unsaturated/α-hetero) is 1. The molecule has 5 nitrogen and oxygen atoms in total. The molecule has 1 aliphatic rings. The Bertz CT molecular complexity index is 281. The van der Waals surface area contributed by atoms with Gasteiger partial charge in [-0.2, -0.15) is 0 Å². The Balaban J connectivity index is 2.37. The maximum atomic E-state index is 12.0. The summed E-state index contributed by atoms with van der Waals surface area (Å²) < 4.78 is 16.4. The summed E-state index contributed by atoms with van der Waals surface area (Å²) in [6.07, 6.45) is 1.52. The molecule has 0 bridgehead atoms. The molecule has 0 aromatic heterocycles. The second-order valence-electron chi connectivity index (χ2n) is 5.31. The minimum Gasteiger partial charge on any atom is -0.387 e. The number of aliphatic hydroxyl groups excluding tert-OH is 1. The maximum absolute atomic E-state index is 12.0. The Morgan fingerprint density at radius 3 is 2.50 bits per heavy atom. The minimum atomic E-state index is -0.899. The minimum absolute atomic E-state index is 0.00384. The average Bonchev–Trinajstić information content (AvgIpc) is 2.71. The smallest absolute Gasteiger partial charge is 0.189 e. The summed E-state index contributed by atoms with van der Waals surface area (Å²) in [5, 5.41) is 10.2. The Morgan fingerprint density at radius 2 is 1.85 bits per heavy atom. The van der Waals surface area contributed by atoms with E-state index in [0.717, 1.165) is 25.7 Å². The number of hydrogen-bond donors (Lipinski definition) is 1. The number of ether oxygens (including phenoxy) is 3. The molecule has 4 atom stereocenters. The summed E-state index contributed by atoms with van der Waals surface area (Å²) >= 11 is 0. The van der Waals surface area contributed by atoms with Gasteiger partial charge in [0.2, 0.25) is 0 Å². The molecular weight excluding hydrogens is 260 g/mol. The Morgan fingerprint density at radius 1 is 1.20 bits per heavy atom. The van der Waals surface area contributed by atoms with Gasteiger partial charge in [-0.05, 0) is 19.8 Å². The van der Waals surface area contributed by atoms with Crippen molar-refractivity contribution in [3.05, 3.63) is 0 Å². The van der Waals surface area contributed by atoms with Gasteiger partial charge in [0.05, 0.1) is 6.10 Å². The Hall–Kier alpha value is -0.490. The molecule has 1 aliphatic heterocycles. The van der Waals surface area contributed by atoms with Gasteiger partial charge in [0.15, 0.2) is 5.78 Å². The molecule has 1 fully saturated rings. The summed E-state index contributed by atoms with van der Waals surface area (Å²) in [7, 11) is 0. The number of ketones is 1. The van der Waals surface area contributed by atoms with Gasteiger partial charge in [0.25, 0.3) is 0 Å². The normalized spacial score (nSPS) is 29.8. The van der Waals surface area contributed by atoms with Crippen LogP contribution in [0.3, 0.4) is 0 Å². The summed E-state index contributed by atoms with van der Waals surface area (Å²) in [6, 6.07) is 0. The van der Waals surface area contributed by atoms with Crippen LogP contribution in [0.5, 0.6) is 0 Å². The van der Waals surface area contributed by atoms with Crippen LogP contribution in [-0.4, -0.2) is 55.1 Å². The van der Waals surface area contributed by atoms with E-state index in [1.165, 1.54) is 0 Å². The number of aliphatic hydroxyl groups is 1. The van der Waals surface area contributed by atoms with Crippen molar-refractivity contribution < 1.29 is 24.1 Å². The molecule has 0 aromatic rings. The molecule has 1 saturated heterocycles. The van der Waals surface area contributed by atoms with E-state index >= 15 is 0 Å². The lowest BCUT2D eigenvalue weighted by Gasteiger charge is -2.18. The molecule has 0 unspecified atom stereocenters. The summed E-state index contributed by atoms with van der Waals surface area (Å²) in [5.41, 5.74) is 0. The number of rotatable bonds is 10. The summed E-state index contributed by atoms with van der Waals surface area (Å²) in [6.45, 7) is 7.11. The van der Waals surface area contributed by atoms with Crippen LogP contribution in [0.25, 0.3) is 0 Å². The van der Waals surface area contributed by atoms with E-state index in [0.29, 0.717) is 13.2 Å². The van der Waals surface area contributed by atoms with Crippen LogP contribution in [0.4, 0.5) is 0 Å². The number of carbonyl (C=O) groups is 1. The van der Waals surface area contributed by atoms with Crippen LogP contribution in [0, 0.1) is 0 Å². The van der Waals surface area contributed by atoms with Crippen LogP contribution < -0.4 is 0 Å². The molecule has 0 saturated carbocycles. The first-order valence-electron chi connectivity index (χ1n) is 7.67. The maximum Gasteiger partial charge on any atom is 0.189 e. The quantitative estimate of drug-likeness (QED) is 0.620. The van der Waals surface area contributed by atoms with Crippen molar-refractivity contribution in [2.45, 2.75) is 70.9 Å². The van der Waals surface area contributed by atoms with Gasteiger partial charge in [-0.1, -0.05) is 26.7 Å². The van der Waals surface area contributed by atoms with E-state index in [1.54, 1.807) is 0 Å². The third-order valence-electron chi connectivity index (χ3n) is 3.48. The molecule has 0 amide bonds. The highest BCUT2D eigenvalue weighted by Crippen LogP contribution is 2.24. The second kappa shape index (κ2) is 9.45. The molecule has 20 heavy (non-hydrogen) atoms. The van der Waals surface area contributed by atoms with E-state index < -0.39 is 18.3 Å². The van der Waals surface area contributed by atoms with Gasteiger partial charge in [-0.25, -0.2) is 0 Å². The highest BCUT2D eigenvalue weighted by Gasteiger charge is 2.45. The first kappa shape index (κ1) is 17.6. The van der Waals surface area contributed by atoms with Crippen LogP contribution in [0.15, 0.2) is 0 Å². The zero-order chi connectivity index (χ0) is 15.0. The average molecular weight is 288 g/mol. The van der Waals surface area contributed by atoms with Gasteiger partial charge in [-0.3, -0.25) is 4.79 Å². The van der Waals surface area contributed by atoms with Crippen LogP contribution in [0.1, 0.15) is 46.5 Å². The lowest BCUT2D eigenvalue weighted by atomic mass is 10.1. The third kappa shape index (κ3) is 5.13.